The van der Waals surface area contributed by atoms with Crippen molar-refractivity contribution in [2.75, 3.05) is 19.6 Å². The maximum atomic E-state index is 13.2. The summed E-state index contributed by atoms with van der Waals surface area (Å²) >= 11 is 0. The number of hydrogen-bond acceptors (Lipinski definition) is 4. The van der Waals surface area contributed by atoms with Crippen LogP contribution in [0.3, 0.4) is 0 Å². The molecule has 4 rings (SSSR count). The summed E-state index contributed by atoms with van der Waals surface area (Å²) in [6, 6.07) is 12.5. The monoisotopic (exact) mass is 364 g/mol. The van der Waals surface area contributed by atoms with Crippen LogP contribution in [0, 0.1) is 6.92 Å². The van der Waals surface area contributed by atoms with Crippen molar-refractivity contribution in [3.63, 3.8) is 0 Å². The lowest BCUT2D eigenvalue weighted by Crippen LogP contribution is -2.48. The number of carbonyl (C=O) groups excluding carboxylic acids is 1. The van der Waals surface area contributed by atoms with Gasteiger partial charge in [0.15, 0.2) is 0 Å². The lowest BCUT2D eigenvalue weighted by molar-refractivity contribution is -0.137. The quantitative estimate of drug-likeness (QED) is 0.836. The Bertz CT molecular complexity index is 771. The lowest BCUT2D eigenvalue weighted by atomic mass is 9.93. The first-order chi connectivity index (χ1) is 13.2. The highest BCUT2D eigenvalue weighted by atomic mass is 16.2. The van der Waals surface area contributed by atoms with E-state index in [-0.39, 0.29) is 6.04 Å². The third kappa shape index (κ3) is 4.19. The van der Waals surface area contributed by atoms with E-state index >= 15 is 0 Å². The zero-order valence-corrected chi connectivity index (χ0v) is 16.1. The molecule has 5 nitrogen and oxygen atoms in total. The third-order valence-electron chi connectivity index (χ3n) is 5.90. The second kappa shape index (κ2) is 8.17. The Labute approximate surface area is 161 Å². The number of piperidine rings is 1. The largest absolute Gasteiger partial charge is 0.341 e. The van der Waals surface area contributed by atoms with Crippen LogP contribution >= 0.6 is 0 Å². The van der Waals surface area contributed by atoms with Crippen LogP contribution in [0.15, 0.2) is 42.6 Å². The van der Waals surface area contributed by atoms with Gasteiger partial charge in [-0.1, -0.05) is 30.3 Å². The van der Waals surface area contributed by atoms with E-state index in [1.165, 1.54) is 5.56 Å². The molecule has 0 radical (unpaired) electrons. The Kier molecular flexibility index (Phi) is 5.48. The molecule has 5 heteroatoms. The molecule has 0 aliphatic carbocycles. The van der Waals surface area contributed by atoms with Crippen LogP contribution in [0.2, 0.25) is 0 Å². The average molecular weight is 364 g/mol. The molecule has 2 fully saturated rings. The van der Waals surface area contributed by atoms with Crippen LogP contribution in [-0.4, -0.2) is 51.4 Å². The average Bonchev–Trinajstić information content (AvgIpc) is 3.16. The van der Waals surface area contributed by atoms with E-state index in [2.05, 4.69) is 44.0 Å². The highest BCUT2D eigenvalue weighted by Gasteiger charge is 2.35. The number of hydrogen-bond donors (Lipinski definition) is 0. The molecule has 0 unspecified atom stereocenters. The maximum absolute atomic E-state index is 13.2. The molecule has 3 heterocycles. The maximum Gasteiger partial charge on any atom is 0.239 e. The highest BCUT2D eigenvalue weighted by molar-refractivity contribution is 5.82. The minimum Gasteiger partial charge on any atom is -0.341 e. The predicted octanol–water partition coefficient (Wildman–Crippen LogP) is 3.16. The van der Waals surface area contributed by atoms with Gasteiger partial charge < -0.3 is 4.90 Å². The summed E-state index contributed by atoms with van der Waals surface area (Å²) in [6.07, 6.45) is 5.92. The summed E-state index contributed by atoms with van der Waals surface area (Å²) < 4.78 is 0. The van der Waals surface area contributed by atoms with Gasteiger partial charge in [-0.3, -0.25) is 9.69 Å². The number of nitrogens with zero attached hydrogens (tertiary/aromatic N) is 4. The van der Waals surface area contributed by atoms with E-state index in [9.17, 15) is 4.79 Å². The first-order valence-corrected chi connectivity index (χ1v) is 10.1. The van der Waals surface area contributed by atoms with Crippen LogP contribution in [0.4, 0.5) is 0 Å². The number of amides is 1. The van der Waals surface area contributed by atoms with Gasteiger partial charge in [0.05, 0.1) is 6.04 Å². The van der Waals surface area contributed by atoms with Crippen molar-refractivity contribution in [2.45, 2.75) is 51.1 Å². The van der Waals surface area contributed by atoms with Gasteiger partial charge in [0.1, 0.15) is 5.82 Å². The number of carbonyl (C=O) groups is 1. The number of rotatable bonds is 4. The molecule has 142 valence electrons. The number of likely N-dealkylation sites (tertiary alicyclic amines) is 2. The molecule has 1 aromatic carbocycles. The molecule has 2 aromatic rings. The standard InChI is InChI=1S/C22H28N4O/c1-17-23-12-9-20(24-17)19-10-14-25(15-11-19)22(27)21-8-5-13-26(21)16-18-6-3-2-4-7-18/h2-4,6-7,9,12,19,21H,5,8,10-11,13-16H2,1H3/t21-/m0/s1. The van der Waals surface area contributed by atoms with Gasteiger partial charge in [-0.2, -0.15) is 0 Å². The van der Waals surface area contributed by atoms with Crippen molar-refractivity contribution in [1.82, 2.24) is 19.8 Å². The van der Waals surface area contributed by atoms with E-state index in [1.54, 1.807) is 0 Å². The van der Waals surface area contributed by atoms with Gasteiger partial charge in [-0.05, 0) is 50.8 Å². The minimum atomic E-state index is 0.0445. The van der Waals surface area contributed by atoms with E-state index in [0.717, 1.165) is 63.4 Å². The fraction of sp³-hybridized carbons (Fsp3) is 0.500. The van der Waals surface area contributed by atoms with Crippen LogP contribution in [0.25, 0.3) is 0 Å². The normalized spacial score (nSPS) is 21.5. The van der Waals surface area contributed by atoms with Crippen LogP contribution in [0.1, 0.15) is 48.7 Å². The van der Waals surface area contributed by atoms with Crippen molar-refractivity contribution in [3.8, 4) is 0 Å². The van der Waals surface area contributed by atoms with E-state index in [1.807, 2.05) is 25.3 Å². The zero-order chi connectivity index (χ0) is 18.6. The molecule has 0 spiro atoms. The molecule has 2 aliphatic rings. The molecule has 2 saturated heterocycles. The van der Waals surface area contributed by atoms with Crippen molar-refractivity contribution >= 4 is 5.91 Å². The second-order valence-corrected chi connectivity index (χ2v) is 7.74. The summed E-state index contributed by atoms with van der Waals surface area (Å²) in [4.78, 5) is 26.4. The lowest BCUT2D eigenvalue weighted by Gasteiger charge is -2.35. The van der Waals surface area contributed by atoms with Crippen molar-refractivity contribution in [3.05, 3.63) is 59.7 Å². The van der Waals surface area contributed by atoms with Crippen molar-refractivity contribution in [2.24, 2.45) is 0 Å². The fourth-order valence-corrected chi connectivity index (χ4v) is 4.42. The first kappa shape index (κ1) is 18.1. The number of benzene rings is 1. The Hall–Kier alpha value is -2.27. The molecule has 1 atom stereocenters. The smallest absolute Gasteiger partial charge is 0.239 e. The second-order valence-electron chi connectivity index (χ2n) is 7.74. The van der Waals surface area contributed by atoms with Gasteiger partial charge in [0, 0.05) is 37.4 Å². The SMILES string of the molecule is Cc1nccc(C2CCN(C(=O)[C@@H]3CCCN3Cc3ccccc3)CC2)n1. The van der Waals surface area contributed by atoms with E-state index in [4.69, 9.17) is 0 Å². The Morgan fingerprint density at radius 3 is 2.59 bits per heavy atom. The molecule has 1 amide bonds. The molecule has 2 aliphatic heterocycles. The zero-order valence-electron chi connectivity index (χ0n) is 16.1. The Morgan fingerprint density at radius 1 is 1.07 bits per heavy atom. The molecule has 0 N–H and O–H groups in total. The first-order valence-electron chi connectivity index (χ1n) is 10.1. The van der Waals surface area contributed by atoms with Gasteiger partial charge >= 0.3 is 0 Å². The Balaban J connectivity index is 1.36. The summed E-state index contributed by atoms with van der Waals surface area (Å²) in [5.74, 6) is 1.59. The van der Waals surface area contributed by atoms with Gasteiger partial charge in [0.25, 0.3) is 0 Å². The van der Waals surface area contributed by atoms with Gasteiger partial charge in [-0.15, -0.1) is 0 Å². The molecule has 1 aromatic heterocycles. The topological polar surface area (TPSA) is 49.3 Å². The van der Waals surface area contributed by atoms with Crippen LogP contribution in [0.5, 0.6) is 0 Å². The highest BCUT2D eigenvalue weighted by Crippen LogP contribution is 2.29. The minimum absolute atomic E-state index is 0.0445. The molecular weight excluding hydrogens is 336 g/mol. The summed E-state index contributed by atoms with van der Waals surface area (Å²) in [5.41, 5.74) is 2.41. The molecule has 0 saturated carbocycles. The predicted molar refractivity (Wildman–Crippen MR) is 105 cm³/mol. The van der Waals surface area contributed by atoms with E-state index in [0.29, 0.717) is 11.8 Å². The molecule has 0 bridgehead atoms. The number of aromatic nitrogens is 2. The summed E-state index contributed by atoms with van der Waals surface area (Å²) in [5, 5.41) is 0. The van der Waals surface area contributed by atoms with Crippen molar-refractivity contribution < 1.29 is 4.79 Å². The van der Waals surface area contributed by atoms with E-state index < -0.39 is 0 Å². The summed E-state index contributed by atoms with van der Waals surface area (Å²) in [6.45, 7) is 5.49. The third-order valence-corrected chi connectivity index (χ3v) is 5.90. The van der Waals surface area contributed by atoms with Gasteiger partial charge in [-0.25, -0.2) is 9.97 Å². The molecule has 27 heavy (non-hydrogen) atoms. The number of aryl methyl sites for hydroxylation is 1. The van der Waals surface area contributed by atoms with Crippen LogP contribution < -0.4 is 0 Å². The summed E-state index contributed by atoms with van der Waals surface area (Å²) in [7, 11) is 0. The fourth-order valence-electron chi connectivity index (χ4n) is 4.42. The van der Waals surface area contributed by atoms with Crippen molar-refractivity contribution in [1.29, 1.82) is 0 Å². The Morgan fingerprint density at radius 2 is 1.85 bits per heavy atom. The van der Waals surface area contributed by atoms with Crippen LogP contribution in [-0.2, 0) is 11.3 Å². The van der Waals surface area contributed by atoms with Gasteiger partial charge in [0.2, 0.25) is 5.91 Å². The molecular formula is C22H28N4O.